The predicted octanol–water partition coefficient (Wildman–Crippen LogP) is 1.53. The highest BCUT2D eigenvalue weighted by Gasteiger charge is 2.22. The Balaban J connectivity index is 1.97. The van der Waals surface area contributed by atoms with Crippen molar-refractivity contribution >= 4 is 5.97 Å². The summed E-state index contributed by atoms with van der Waals surface area (Å²) in [7, 11) is 0. The van der Waals surface area contributed by atoms with Crippen LogP contribution in [-0.4, -0.2) is 53.0 Å². The Kier molecular flexibility index (Phi) is 5.33. The standard InChI is InChI=1S/C16H23NO4/c1-11(2)21-10-13(18)9-17-7-6-14-12(8-17)4-3-5-15(14)16(19)20/h3-5,11,13,18H,6-10H2,1-2H3,(H,19,20). The highest BCUT2D eigenvalue weighted by molar-refractivity contribution is 5.89. The fraction of sp³-hybridized carbons (Fsp3) is 0.562. The number of aliphatic hydroxyl groups is 1. The van der Waals surface area contributed by atoms with E-state index < -0.39 is 12.1 Å². The van der Waals surface area contributed by atoms with Crippen molar-refractivity contribution in [1.82, 2.24) is 4.90 Å². The van der Waals surface area contributed by atoms with Crippen LogP contribution in [0.25, 0.3) is 0 Å². The molecule has 116 valence electrons. The Morgan fingerprint density at radius 3 is 2.86 bits per heavy atom. The summed E-state index contributed by atoms with van der Waals surface area (Å²) in [4.78, 5) is 13.4. The van der Waals surface area contributed by atoms with E-state index in [-0.39, 0.29) is 6.10 Å². The third-order valence-corrected chi connectivity index (χ3v) is 3.67. The van der Waals surface area contributed by atoms with E-state index in [0.717, 1.165) is 17.7 Å². The molecule has 0 amide bonds. The number of fused-ring (bicyclic) bond motifs is 1. The van der Waals surface area contributed by atoms with Crippen molar-refractivity contribution in [3.8, 4) is 0 Å². The quantitative estimate of drug-likeness (QED) is 0.832. The molecule has 1 aliphatic heterocycles. The highest BCUT2D eigenvalue weighted by Crippen LogP contribution is 2.22. The molecule has 2 N–H and O–H groups in total. The zero-order valence-corrected chi connectivity index (χ0v) is 12.6. The summed E-state index contributed by atoms with van der Waals surface area (Å²) in [6, 6.07) is 5.40. The molecule has 2 rings (SSSR count). The van der Waals surface area contributed by atoms with E-state index >= 15 is 0 Å². The van der Waals surface area contributed by atoms with E-state index in [1.54, 1.807) is 12.1 Å². The number of hydrogen-bond donors (Lipinski definition) is 2. The first-order valence-corrected chi connectivity index (χ1v) is 7.33. The summed E-state index contributed by atoms with van der Waals surface area (Å²) < 4.78 is 5.41. The number of hydrogen-bond acceptors (Lipinski definition) is 4. The van der Waals surface area contributed by atoms with Crippen molar-refractivity contribution in [3.05, 3.63) is 34.9 Å². The number of rotatable bonds is 6. The molecule has 1 aliphatic rings. The molecule has 0 saturated heterocycles. The van der Waals surface area contributed by atoms with Gasteiger partial charge >= 0.3 is 5.97 Å². The molecule has 5 nitrogen and oxygen atoms in total. The van der Waals surface area contributed by atoms with Crippen LogP contribution >= 0.6 is 0 Å². The van der Waals surface area contributed by atoms with Crippen LogP contribution in [0.1, 0.15) is 35.3 Å². The number of benzene rings is 1. The van der Waals surface area contributed by atoms with Crippen LogP contribution in [0.5, 0.6) is 0 Å². The van der Waals surface area contributed by atoms with Crippen molar-refractivity contribution < 1.29 is 19.7 Å². The molecular formula is C16H23NO4. The van der Waals surface area contributed by atoms with Gasteiger partial charge in [-0.2, -0.15) is 0 Å². The molecule has 0 aromatic heterocycles. The fourth-order valence-corrected chi connectivity index (χ4v) is 2.68. The first kappa shape index (κ1) is 15.9. The first-order chi connectivity index (χ1) is 9.97. The number of aromatic carboxylic acids is 1. The smallest absolute Gasteiger partial charge is 0.335 e. The van der Waals surface area contributed by atoms with Crippen LogP contribution in [0, 0.1) is 0 Å². The topological polar surface area (TPSA) is 70.0 Å². The van der Waals surface area contributed by atoms with Gasteiger partial charge in [0.05, 0.1) is 24.4 Å². The maximum atomic E-state index is 11.2. The average molecular weight is 293 g/mol. The number of carboxylic acids is 1. The van der Waals surface area contributed by atoms with Crippen LogP contribution in [0.2, 0.25) is 0 Å². The van der Waals surface area contributed by atoms with Gasteiger partial charge in [0.2, 0.25) is 0 Å². The van der Waals surface area contributed by atoms with Crippen LogP contribution in [0.4, 0.5) is 0 Å². The number of aliphatic hydroxyl groups excluding tert-OH is 1. The SMILES string of the molecule is CC(C)OCC(O)CN1CCc2c(cccc2C(=O)O)C1. The molecule has 0 fully saturated rings. The normalized spacial score (nSPS) is 16.8. The van der Waals surface area contributed by atoms with Crippen molar-refractivity contribution in [2.24, 2.45) is 0 Å². The predicted molar refractivity (Wildman–Crippen MR) is 79.5 cm³/mol. The van der Waals surface area contributed by atoms with Gasteiger partial charge in [0.25, 0.3) is 0 Å². The van der Waals surface area contributed by atoms with Gasteiger partial charge < -0.3 is 14.9 Å². The maximum absolute atomic E-state index is 11.2. The summed E-state index contributed by atoms with van der Waals surface area (Å²) in [5.74, 6) is -0.870. The second-order valence-corrected chi connectivity index (χ2v) is 5.77. The van der Waals surface area contributed by atoms with Crippen LogP contribution in [0.3, 0.4) is 0 Å². The van der Waals surface area contributed by atoms with Gasteiger partial charge in [0.1, 0.15) is 0 Å². The van der Waals surface area contributed by atoms with Gasteiger partial charge in [-0.3, -0.25) is 4.90 Å². The Hall–Kier alpha value is -1.43. The largest absolute Gasteiger partial charge is 0.478 e. The lowest BCUT2D eigenvalue weighted by molar-refractivity contribution is -0.0101. The summed E-state index contributed by atoms with van der Waals surface area (Å²) in [5.41, 5.74) is 2.36. The van der Waals surface area contributed by atoms with Crippen LogP contribution in [0.15, 0.2) is 18.2 Å². The summed E-state index contributed by atoms with van der Waals surface area (Å²) in [6.07, 6.45) is 0.298. The van der Waals surface area contributed by atoms with E-state index in [9.17, 15) is 15.0 Å². The Bertz CT molecular complexity index is 501. The Morgan fingerprint density at radius 2 is 2.19 bits per heavy atom. The molecule has 21 heavy (non-hydrogen) atoms. The Labute approximate surface area is 125 Å². The molecule has 5 heteroatoms. The van der Waals surface area contributed by atoms with E-state index in [1.807, 2.05) is 19.9 Å². The zero-order valence-electron chi connectivity index (χ0n) is 12.6. The summed E-state index contributed by atoms with van der Waals surface area (Å²) in [6.45, 7) is 6.19. The lowest BCUT2D eigenvalue weighted by atomic mass is 9.94. The first-order valence-electron chi connectivity index (χ1n) is 7.33. The molecule has 1 aromatic carbocycles. The van der Waals surface area contributed by atoms with E-state index in [0.29, 0.717) is 31.7 Å². The van der Waals surface area contributed by atoms with E-state index in [1.165, 1.54) is 0 Å². The molecule has 1 heterocycles. The van der Waals surface area contributed by atoms with E-state index in [2.05, 4.69) is 4.90 Å². The minimum Gasteiger partial charge on any atom is -0.478 e. The molecule has 0 aliphatic carbocycles. The third-order valence-electron chi connectivity index (χ3n) is 3.67. The number of ether oxygens (including phenoxy) is 1. The van der Waals surface area contributed by atoms with Crippen molar-refractivity contribution in [3.63, 3.8) is 0 Å². The van der Waals surface area contributed by atoms with Gasteiger partial charge in [-0.05, 0) is 37.5 Å². The van der Waals surface area contributed by atoms with Crippen molar-refractivity contribution in [2.45, 2.75) is 39.0 Å². The van der Waals surface area contributed by atoms with Crippen molar-refractivity contribution in [2.75, 3.05) is 19.7 Å². The van der Waals surface area contributed by atoms with Gasteiger partial charge in [-0.1, -0.05) is 12.1 Å². The second-order valence-electron chi connectivity index (χ2n) is 5.77. The average Bonchev–Trinajstić information content (AvgIpc) is 2.44. The summed E-state index contributed by atoms with van der Waals surface area (Å²) in [5, 5.41) is 19.2. The monoisotopic (exact) mass is 293 g/mol. The highest BCUT2D eigenvalue weighted by atomic mass is 16.5. The number of carboxylic acid groups (broad SMARTS) is 1. The maximum Gasteiger partial charge on any atom is 0.335 e. The molecule has 1 unspecified atom stereocenters. The van der Waals surface area contributed by atoms with Gasteiger partial charge in [0, 0.05) is 19.6 Å². The van der Waals surface area contributed by atoms with Gasteiger partial charge in [-0.25, -0.2) is 4.79 Å². The fourth-order valence-electron chi connectivity index (χ4n) is 2.68. The number of nitrogens with zero attached hydrogens (tertiary/aromatic N) is 1. The molecule has 0 radical (unpaired) electrons. The molecule has 0 saturated carbocycles. The number of β-amino-alcohol motifs (C(OH)–C–C–N with tert-alkyl or cyclic N) is 1. The lowest BCUT2D eigenvalue weighted by Crippen LogP contribution is -2.39. The lowest BCUT2D eigenvalue weighted by Gasteiger charge is -2.31. The third kappa shape index (κ3) is 4.27. The minimum atomic E-state index is -0.870. The van der Waals surface area contributed by atoms with Crippen LogP contribution < -0.4 is 0 Å². The second kappa shape index (κ2) is 7.02. The minimum absolute atomic E-state index is 0.111. The summed E-state index contributed by atoms with van der Waals surface area (Å²) >= 11 is 0. The molecule has 1 aromatic rings. The Morgan fingerprint density at radius 1 is 1.43 bits per heavy atom. The number of carbonyl (C=O) groups is 1. The molecule has 1 atom stereocenters. The molecule has 0 spiro atoms. The van der Waals surface area contributed by atoms with Gasteiger partial charge in [-0.15, -0.1) is 0 Å². The molecule has 0 bridgehead atoms. The zero-order chi connectivity index (χ0) is 15.4. The molecular weight excluding hydrogens is 270 g/mol. The van der Waals surface area contributed by atoms with Crippen LogP contribution in [-0.2, 0) is 17.7 Å². The van der Waals surface area contributed by atoms with Crippen molar-refractivity contribution in [1.29, 1.82) is 0 Å². The van der Waals surface area contributed by atoms with E-state index in [4.69, 9.17) is 4.74 Å². The van der Waals surface area contributed by atoms with Gasteiger partial charge in [0.15, 0.2) is 0 Å².